The van der Waals surface area contributed by atoms with Crippen molar-refractivity contribution in [2.45, 2.75) is 37.7 Å². The van der Waals surface area contributed by atoms with Crippen molar-refractivity contribution in [1.29, 1.82) is 0 Å². The van der Waals surface area contributed by atoms with E-state index in [1.165, 1.54) is 23.1 Å². The first-order valence-corrected chi connectivity index (χ1v) is 8.86. The number of nitrogens with zero attached hydrogens (tertiary/aromatic N) is 2. The topological polar surface area (TPSA) is 80.0 Å². The molecule has 0 spiro atoms. The van der Waals surface area contributed by atoms with Crippen molar-refractivity contribution < 1.29 is 9.21 Å². The van der Waals surface area contributed by atoms with E-state index < -0.39 is 0 Å². The predicted octanol–water partition coefficient (Wildman–Crippen LogP) is 3.00. The summed E-state index contributed by atoms with van der Waals surface area (Å²) in [7, 11) is 0. The number of nitrogens with one attached hydrogen (secondary N) is 2. The zero-order chi connectivity index (χ0) is 15.9. The molecule has 0 saturated heterocycles. The summed E-state index contributed by atoms with van der Waals surface area (Å²) in [5.74, 6) is 1.63. The molecule has 0 aromatic carbocycles. The third kappa shape index (κ3) is 5.34. The minimum Gasteiger partial charge on any atom is -0.467 e. The molecule has 2 heterocycles. The number of carbonyl (C=O) groups excluding carboxylic acids is 1. The summed E-state index contributed by atoms with van der Waals surface area (Å²) < 4.78 is 6.01. The van der Waals surface area contributed by atoms with Crippen LogP contribution < -0.4 is 10.6 Å². The monoisotopic (exact) mass is 340 g/mol. The molecule has 0 aliphatic carbocycles. The summed E-state index contributed by atoms with van der Waals surface area (Å²) in [6.45, 7) is 6.74. The largest absolute Gasteiger partial charge is 0.467 e. The van der Waals surface area contributed by atoms with Crippen LogP contribution in [-0.4, -0.2) is 27.9 Å². The van der Waals surface area contributed by atoms with Crippen molar-refractivity contribution in [1.82, 2.24) is 15.5 Å². The van der Waals surface area contributed by atoms with Gasteiger partial charge in [-0.25, -0.2) is 0 Å². The molecule has 2 rings (SSSR count). The third-order valence-corrected chi connectivity index (χ3v) is 5.13. The Labute approximate surface area is 138 Å². The fraction of sp³-hybridized carbons (Fsp3) is 0.500. The van der Waals surface area contributed by atoms with Crippen LogP contribution in [0.15, 0.2) is 27.2 Å². The van der Waals surface area contributed by atoms with E-state index in [0.717, 1.165) is 15.2 Å². The second-order valence-electron chi connectivity index (χ2n) is 5.19. The Bertz CT molecular complexity index is 583. The first kappa shape index (κ1) is 16.8. The summed E-state index contributed by atoms with van der Waals surface area (Å²) in [4.78, 5) is 11.8. The van der Waals surface area contributed by atoms with E-state index in [9.17, 15) is 4.79 Å². The molecule has 1 amide bonds. The molecular formula is C14H20N4O2S2. The Balaban J connectivity index is 1.73. The highest BCUT2D eigenvalue weighted by atomic mass is 32.2. The fourth-order valence-corrected chi connectivity index (χ4v) is 3.06. The molecule has 0 bridgehead atoms. The van der Waals surface area contributed by atoms with Gasteiger partial charge in [-0.1, -0.05) is 36.9 Å². The quantitative estimate of drug-likeness (QED) is 0.719. The average Bonchev–Trinajstić information content (AvgIpc) is 3.14. The number of thioether (sulfide) groups is 1. The minimum absolute atomic E-state index is 0.0199. The molecular weight excluding hydrogens is 320 g/mol. The maximum Gasteiger partial charge on any atom is 0.230 e. The zero-order valence-electron chi connectivity index (χ0n) is 12.8. The summed E-state index contributed by atoms with van der Waals surface area (Å²) in [6, 6.07) is 3.91. The van der Waals surface area contributed by atoms with E-state index in [1.807, 2.05) is 19.1 Å². The Kier molecular flexibility index (Phi) is 6.26. The van der Waals surface area contributed by atoms with Gasteiger partial charge in [0.25, 0.3) is 0 Å². The van der Waals surface area contributed by atoms with Gasteiger partial charge < -0.3 is 15.1 Å². The van der Waals surface area contributed by atoms with Gasteiger partial charge in [-0.15, -0.1) is 10.2 Å². The molecule has 0 fully saturated rings. The Morgan fingerprint density at radius 2 is 2.23 bits per heavy atom. The van der Waals surface area contributed by atoms with Gasteiger partial charge in [-0.05, 0) is 25.0 Å². The van der Waals surface area contributed by atoms with Gasteiger partial charge in [0.15, 0.2) is 4.34 Å². The zero-order valence-corrected chi connectivity index (χ0v) is 14.5. The molecule has 6 nitrogen and oxygen atoms in total. The van der Waals surface area contributed by atoms with Gasteiger partial charge in [-0.2, -0.15) is 0 Å². The van der Waals surface area contributed by atoms with E-state index in [1.54, 1.807) is 6.26 Å². The molecule has 0 radical (unpaired) electrons. The van der Waals surface area contributed by atoms with Crippen molar-refractivity contribution in [2.24, 2.45) is 5.92 Å². The SMILES string of the molecule is CC(C)[C@@H](C)NC(=O)CSc1nnc(NCc2ccco2)s1. The Morgan fingerprint density at radius 1 is 1.41 bits per heavy atom. The van der Waals surface area contributed by atoms with Crippen molar-refractivity contribution in [3.63, 3.8) is 0 Å². The highest BCUT2D eigenvalue weighted by Crippen LogP contribution is 2.25. The molecule has 1 atom stereocenters. The van der Waals surface area contributed by atoms with Gasteiger partial charge in [-0.3, -0.25) is 4.79 Å². The van der Waals surface area contributed by atoms with Crippen molar-refractivity contribution in [2.75, 3.05) is 11.1 Å². The lowest BCUT2D eigenvalue weighted by molar-refractivity contribution is -0.119. The second kappa shape index (κ2) is 8.19. The lowest BCUT2D eigenvalue weighted by Crippen LogP contribution is -2.37. The molecule has 2 aromatic heterocycles. The Hall–Kier alpha value is -1.54. The summed E-state index contributed by atoms with van der Waals surface area (Å²) >= 11 is 2.83. The van der Waals surface area contributed by atoms with Crippen molar-refractivity contribution in [3.05, 3.63) is 24.2 Å². The van der Waals surface area contributed by atoms with Crippen molar-refractivity contribution >= 4 is 34.1 Å². The lowest BCUT2D eigenvalue weighted by atomic mass is 10.1. The van der Waals surface area contributed by atoms with Gasteiger partial charge >= 0.3 is 0 Å². The average molecular weight is 340 g/mol. The molecule has 2 aromatic rings. The summed E-state index contributed by atoms with van der Waals surface area (Å²) in [6.07, 6.45) is 1.63. The molecule has 0 aliphatic heterocycles. The molecule has 0 saturated carbocycles. The van der Waals surface area contributed by atoms with Gasteiger partial charge in [0.2, 0.25) is 11.0 Å². The Morgan fingerprint density at radius 3 is 2.91 bits per heavy atom. The maximum atomic E-state index is 11.8. The van der Waals surface area contributed by atoms with E-state index >= 15 is 0 Å². The smallest absolute Gasteiger partial charge is 0.230 e. The van der Waals surface area contributed by atoms with Crippen LogP contribution in [0.5, 0.6) is 0 Å². The number of aromatic nitrogens is 2. The highest BCUT2D eigenvalue weighted by molar-refractivity contribution is 8.01. The van der Waals surface area contributed by atoms with Crippen LogP contribution in [0.1, 0.15) is 26.5 Å². The van der Waals surface area contributed by atoms with Crippen LogP contribution in [0.25, 0.3) is 0 Å². The number of hydrogen-bond acceptors (Lipinski definition) is 7. The van der Waals surface area contributed by atoms with Crippen LogP contribution in [0.4, 0.5) is 5.13 Å². The van der Waals surface area contributed by atoms with Crippen LogP contribution in [0.3, 0.4) is 0 Å². The summed E-state index contributed by atoms with van der Waals surface area (Å²) in [5.41, 5.74) is 0. The predicted molar refractivity (Wildman–Crippen MR) is 89.1 cm³/mol. The molecule has 0 unspecified atom stereocenters. The van der Waals surface area contributed by atoms with E-state index in [-0.39, 0.29) is 11.9 Å². The lowest BCUT2D eigenvalue weighted by Gasteiger charge is -2.16. The van der Waals surface area contributed by atoms with Gasteiger partial charge in [0.05, 0.1) is 18.6 Å². The van der Waals surface area contributed by atoms with Crippen molar-refractivity contribution in [3.8, 4) is 0 Å². The molecule has 22 heavy (non-hydrogen) atoms. The fourth-order valence-electron chi connectivity index (χ4n) is 1.50. The van der Waals surface area contributed by atoms with E-state index in [2.05, 4.69) is 34.7 Å². The number of carbonyl (C=O) groups is 1. The van der Waals surface area contributed by atoms with Crippen LogP contribution >= 0.6 is 23.1 Å². The van der Waals surface area contributed by atoms with E-state index in [0.29, 0.717) is 18.2 Å². The van der Waals surface area contributed by atoms with Gasteiger partial charge in [0, 0.05) is 6.04 Å². The number of rotatable bonds is 8. The number of furan rings is 1. The first-order chi connectivity index (χ1) is 10.5. The normalized spacial score (nSPS) is 12.4. The molecule has 8 heteroatoms. The maximum absolute atomic E-state index is 11.8. The summed E-state index contributed by atoms with van der Waals surface area (Å²) in [5, 5.41) is 14.9. The van der Waals surface area contributed by atoms with Crippen LogP contribution in [0.2, 0.25) is 0 Å². The third-order valence-electron chi connectivity index (χ3n) is 3.12. The van der Waals surface area contributed by atoms with Crippen LogP contribution in [-0.2, 0) is 11.3 Å². The van der Waals surface area contributed by atoms with Gasteiger partial charge in [0.1, 0.15) is 5.76 Å². The van der Waals surface area contributed by atoms with Crippen LogP contribution in [0, 0.1) is 5.92 Å². The molecule has 2 N–H and O–H groups in total. The molecule has 120 valence electrons. The highest BCUT2D eigenvalue weighted by Gasteiger charge is 2.12. The minimum atomic E-state index is 0.0199. The standard InChI is InChI=1S/C14H20N4O2S2/c1-9(2)10(3)16-12(19)8-21-14-18-17-13(22-14)15-7-11-5-4-6-20-11/h4-6,9-10H,7-8H2,1-3H3,(H,15,17)(H,16,19)/t10-/m1/s1. The first-order valence-electron chi connectivity index (χ1n) is 7.06. The second-order valence-corrected chi connectivity index (χ2v) is 7.39. The molecule has 0 aliphatic rings. The number of anilines is 1. The number of hydrogen-bond donors (Lipinski definition) is 2. The van der Waals surface area contributed by atoms with E-state index in [4.69, 9.17) is 4.42 Å². The number of amides is 1.